The fraction of sp³-hybridized carbons (Fsp3) is 0.217. The van der Waals surface area contributed by atoms with Gasteiger partial charge in [0, 0.05) is 31.5 Å². The summed E-state index contributed by atoms with van der Waals surface area (Å²) in [7, 11) is 0. The van der Waals surface area contributed by atoms with Gasteiger partial charge in [0.05, 0.1) is 17.6 Å². The average molecular weight is 409 g/mol. The highest BCUT2D eigenvalue weighted by molar-refractivity contribution is 5.83. The van der Waals surface area contributed by atoms with Crippen LogP contribution in [-0.4, -0.2) is 16.2 Å². The molecule has 0 aliphatic carbocycles. The number of nitrogens with zero attached hydrogens (tertiary/aromatic N) is 3. The lowest BCUT2D eigenvalue weighted by atomic mass is 10.0. The van der Waals surface area contributed by atoms with Crippen LogP contribution in [-0.2, 0) is 6.54 Å². The van der Waals surface area contributed by atoms with Gasteiger partial charge in [-0.25, -0.2) is 4.98 Å². The Morgan fingerprint density at radius 3 is 2.40 bits per heavy atom. The van der Waals surface area contributed by atoms with Crippen molar-refractivity contribution in [2.24, 2.45) is 0 Å². The molecule has 0 saturated carbocycles. The molecule has 4 rings (SSSR count). The molecule has 0 saturated heterocycles. The minimum Gasteiger partial charge on any atom is -0.618 e. The van der Waals surface area contributed by atoms with E-state index in [-0.39, 0.29) is 5.75 Å². The first-order valence-corrected chi connectivity index (χ1v) is 9.54. The summed E-state index contributed by atoms with van der Waals surface area (Å²) in [5.74, 6) is 0.922. The molecular weight excluding hydrogens is 388 g/mol. The van der Waals surface area contributed by atoms with E-state index in [1.165, 1.54) is 6.07 Å². The fourth-order valence-electron chi connectivity index (χ4n) is 3.69. The second kappa shape index (κ2) is 7.74. The lowest BCUT2D eigenvalue weighted by Crippen LogP contribution is -2.33. The van der Waals surface area contributed by atoms with Crippen LogP contribution in [0.2, 0.25) is 0 Å². The Labute approximate surface area is 172 Å². The normalized spacial score (nSPS) is 11.4. The van der Waals surface area contributed by atoms with Crippen molar-refractivity contribution in [1.29, 1.82) is 0 Å². The van der Waals surface area contributed by atoms with Crippen LogP contribution in [0.5, 0.6) is 5.75 Å². The first-order valence-electron chi connectivity index (χ1n) is 9.54. The van der Waals surface area contributed by atoms with Crippen LogP contribution in [0.25, 0.3) is 22.2 Å². The maximum Gasteiger partial charge on any atom is 0.387 e. The Bertz CT molecular complexity index is 1210. The number of ether oxygens (including phenoxy) is 1. The van der Waals surface area contributed by atoms with Gasteiger partial charge in [-0.2, -0.15) is 13.5 Å². The maximum atomic E-state index is 12.8. The second-order valence-corrected chi connectivity index (χ2v) is 7.26. The number of fused-ring (bicyclic) bond motifs is 1. The summed E-state index contributed by atoms with van der Waals surface area (Å²) in [5, 5.41) is 12.0. The zero-order chi connectivity index (χ0) is 21.4. The highest BCUT2D eigenvalue weighted by Crippen LogP contribution is 2.28. The van der Waals surface area contributed by atoms with Gasteiger partial charge in [0.1, 0.15) is 11.6 Å². The third-order valence-corrected chi connectivity index (χ3v) is 5.16. The number of aryl methyl sites for hydroxylation is 3. The summed E-state index contributed by atoms with van der Waals surface area (Å²) in [4.78, 5) is 4.60. The van der Waals surface area contributed by atoms with E-state index in [2.05, 4.69) is 9.72 Å². The lowest BCUT2D eigenvalue weighted by molar-refractivity contribution is -0.619. The van der Waals surface area contributed by atoms with Crippen LogP contribution < -0.4 is 9.47 Å². The number of pyridine rings is 1. The minimum atomic E-state index is -2.88. The summed E-state index contributed by atoms with van der Waals surface area (Å²) in [6.07, 6.45) is 0. The van der Waals surface area contributed by atoms with Crippen molar-refractivity contribution in [3.8, 4) is 16.9 Å². The van der Waals surface area contributed by atoms with Gasteiger partial charge >= 0.3 is 6.61 Å². The molecule has 0 aliphatic rings. The Morgan fingerprint density at radius 1 is 1.00 bits per heavy atom. The number of hydrogen-bond acceptors (Lipinski definition) is 3. The van der Waals surface area contributed by atoms with E-state index < -0.39 is 6.61 Å². The van der Waals surface area contributed by atoms with Gasteiger partial charge in [-0.1, -0.05) is 24.3 Å². The van der Waals surface area contributed by atoms with Crippen LogP contribution in [0.3, 0.4) is 0 Å². The summed E-state index contributed by atoms with van der Waals surface area (Å²) < 4.78 is 33.1. The predicted molar refractivity (Wildman–Crippen MR) is 111 cm³/mol. The monoisotopic (exact) mass is 409 g/mol. The number of halogens is 2. The van der Waals surface area contributed by atoms with Crippen LogP contribution >= 0.6 is 0 Å². The molecule has 0 fully saturated rings. The molecule has 0 atom stereocenters. The van der Waals surface area contributed by atoms with Crippen LogP contribution in [0.4, 0.5) is 8.78 Å². The molecule has 0 aliphatic heterocycles. The predicted octanol–water partition coefficient (Wildman–Crippen LogP) is 4.91. The van der Waals surface area contributed by atoms with Gasteiger partial charge in [0.25, 0.3) is 0 Å². The van der Waals surface area contributed by atoms with Crippen molar-refractivity contribution in [1.82, 2.24) is 9.55 Å². The number of alkyl halides is 2. The molecule has 0 radical (unpaired) electrons. The standard InChI is InChI=1S/C23H21F2N3O2/c1-14-10-19(11-15(2)28(14)29)17-8-9-20-21(12-17)27(16(3)26-20)13-18-6-4-5-7-22(18)30-23(24)25/h4-12,23H,13H2,1-3H3. The van der Waals surface area contributed by atoms with E-state index in [1.807, 2.05) is 41.8 Å². The Kier molecular flexibility index (Phi) is 5.11. The number of benzene rings is 2. The highest BCUT2D eigenvalue weighted by Gasteiger charge is 2.15. The SMILES string of the molecule is Cc1nc2ccc(-c3cc(C)[n+]([O-])c(C)c3)cc2n1Cc1ccccc1OC(F)F. The summed E-state index contributed by atoms with van der Waals surface area (Å²) >= 11 is 0. The molecule has 7 heteroatoms. The summed E-state index contributed by atoms with van der Waals surface area (Å²) in [6.45, 7) is 2.90. The van der Waals surface area contributed by atoms with E-state index in [1.54, 1.807) is 32.0 Å². The van der Waals surface area contributed by atoms with Gasteiger partial charge in [0.2, 0.25) is 0 Å². The zero-order valence-electron chi connectivity index (χ0n) is 16.9. The molecular formula is C23H21F2N3O2. The second-order valence-electron chi connectivity index (χ2n) is 7.26. The molecule has 154 valence electrons. The van der Waals surface area contributed by atoms with Gasteiger partial charge in [-0.05, 0) is 36.2 Å². The smallest absolute Gasteiger partial charge is 0.387 e. The average Bonchev–Trinajstić information content (AvgIpc) is 3.01. The lowest BCUT2D eigenvalue weighted by Gasteiger charge is -2.13. The van der Waals surface area contributed by atoms with Crippen molar-refractivity contribution >= 4 is 11.0 Å². The molecule has 0 amide bonds. The number of aromatic nitrogens is 3. The number of imidazole rings is 1. The van der Waals surface area contributed by atoms with Gasteiger partial charge in [-0.3, -0.25) is 0 Å². The first kappa shape index (κ1) is 19.8. The Morgan fingerprint density at radius 2 is 1.70 bits per heavy atom. The fourth-order valence-corrected chi connectivity index (χ4v) is 3.69. The highest BCUT2D eigenvalue weighted by atomic mass is 19.3. The van der Waals surface area contributed by atoms with E-state index in [4.69, 9.17) is 0 Å². The summed E-state index contributed by atoms with van der Waals surface area (Å²) in [6, 6.07) is 16.4. The van der Waals surface area contributed by atoms with Gasteiger partial charge < -0.3 is 14.5 Å². The number of para-hydroxylation sites is 1. The van der Waals surface area contributed by atoms with E-state index in [9.17, 15) is 14.0 Å². The topological polar surface area (TPSA) is 54.0 Å². The Balaban J connectivity index is 1.79. The molecule has 0 N–H and O–H groups in total. The number of hydrogen-bond donors (Lipinski definition) is 0. The third kappa shape index (κ3) is 3.70. The molecule has 5 nitrogen and oxygen atoms in total. The van der Waals surface area contributed by atoms with Crippen molar-refractivity contribution < 1.29 is 18.2 Å². The molecule has 0 spiro atoms. The first-order chi connectivity index (χ1) is 14.3. The molecule has 0 bridgehead atoms. The van der Waals surface area contributed by atoms with Crippen molar-refractivity contribution in [2.75, 3.05) is 0 Å². The molecule has 30 heavy (non-hydrogen) atoms. The van der Waals surface area contributed by atoms with E-state index >= 15 is 0 Å². The van der Waals surface area contributed by atoms with Crippen LogP contribution in [0, 0.1) is 26.0 Å². The van der Waals surface area contributed by atoms with Crippen molar-refractivity contribution in [2.45, 2.75) is 33.9 Å². The Hall–Kier alpha value is -3.48. The van der Waals surface area contributed by atoms with Crippen LogP contribution in [0.1, 0.15) is 22.8 Å². The van der Waals surface area contributed by atoms with Crippen LogP contribution in [0.15, 0.2) is 54.6 Å². The molecule has 4 aromatic rings. The zero-order valence-corrected chi connectivity index (χ0v) is 16.9. The summed E-state index contributed by atoms with van der Waals surface area (Å²) in [5.41, 5.74) is 5.46. The minimum absolute atomic E-state index is 0.152. The quantitative estimate of drug-likeness (QED) is 0.348. The van der Waals surface area contributed by atoms with Gasteiger partial charge in [-0.15, -0.1) is 0 Å². The van der Waals surface area contributed by atoms with E-state index in [0.29, 0.717) is 23.5 Å². The molecule has 2 heterocycles. The maximum absolute atomic E-state index is 12.8. The third-order valence-electron chi connectivity index (χ3n) is 5.16. The largest absolute Gasteiger partial charge is 0.618 e. The van der Waals surface area contributed by atoms with Crippen molar-refractivity contribution in [3.05, 3.63) is 82.6 Å². The van der Waals surface area contributed by atoms with E-state index in [0.717, 1.165) is 32.7 Å². The van der Waals surface area contributed by atoms with Gasteiger partial charge in [0.15, 0.2) is 11.4 Å². The molecule has 0 unspecified atom stereocenters. The number of rotatable bonds is 5. The van der Waals surface area contributed by atoms with Crippen molar-refractivity contribution in [3.63, 3.8) is 0 Å². The molecule has 2 aromatic carbocycles. The molecule has 2 aromatic heterocycles.